The van der Waals surface area contributed by atoms with Crippen LogP contribution < -0.4 is 15.2 Å². The van der Waals surface area contributed by atoms with E-state index in [1.807, 2.05) is 0 Å². The average Bonchev–Trinajstić information content (AvgIpc) is 2.54. The molecule has 21 heavy (non-hydrogen) atoms. The molecule has 118 valence electrons. The molecular weight excluding hydrogens is 268 g/mol. The van der Waals surface area contributed by atoms with E-state index in [1.165, 1.54) is 12.8 Å². The van der Waals surface area contributed by atoms with Gasteiger partial charge in [0.2, 0.25) is 0 Å². The van der Waals surface area contributed by atoms with Gasteiger partial charge in [-0.3, -0.25) is 4.98 Å². The number of ether oxygens (including phenoxy) is 3. The second-order valence-corrected chi connectivity index (χ2v) is 5.85. The van der Waals surface area contributed by atoms with Crippen LogP contribution in [-0.2, 0) is 11.3 Å². The fourth-order valence-corrected chi connectivity index (χ4v) is 2.87. The number of methoxy groups -OCH3 is 2. The molecule has 1 saturated carbocycles. The summed E-state index contributed by atoms with van der Waals surface area (Å²) < 4.78 is 16.9. The first-order valence-electron chi connectivity index (χ1n) is 7.54. The number of nitrogens with two attached hydrogens (primary N) is 1. The van der Waals surface area contributed by atoms with Gasteiger partial charge in [0.15, 0.2) is 11.5 Å². The normalized spacial score (nSPS) is 25.6. The van der Waals surface area contributed by atoms with Crippen LogP contribution in [0.2, 0.25) is 0 Å². The van der Waals surface area contributed by atoms with E-state index in [0.717, 1.165) is 24.5 Å². The average molecular weight is 294 g/mol. The fourth-order valence-electron chi connectivity index (χ4n) is 2.87. The van der Waals surface area contributed by atoms with E-state index < -0.39 is 0 Å². The Kier molecular flexibility index (Phi) is 5.42. The van der Waals surface area contributed by atoms with Crippen molar-refractivity contribution in [2.45, 2.75) is 44.8 Å². The summed E-state index contributed by atoms with van der Waals surface area (Å²) in [5.41, 5.74) is 6.51. The molecule has 0 aromatic carbocycles. The van der Waals surface area contributed by atoms with Crippen LogP contribution in [0.1, 0.15) is 38.3 Å². The largest absolute Gasteiger partial charge is 0.493 e. The lowest BCUT2D eigenvalue weighted by molar-refractivity contribution is -0.0814. The van der Waals surface area contributed by atoms with Crippen molar-refractivity contribution in [3.8, 4) is 11.5 Å². The van der Waals surface area contributed by atoms with Gasteiger partial charge >= 0.3 is 0 Å². The van der Waals surface area contributed by atoms with Gasteiger partial charge in [0.1, 0.15) is 5.69 Å². The number of pyridine rings is 1. The van der Waals surface area contributed by atoms with Crippen LogP contribution in [-0.4, -0.2) is 31.3 Å². The van der Waals surface area contributed by atoms with Gasteiger partial charge in [-0.05, 0) is 31.6 Å². The van der Waals surface area contributed by atoms with Crippen LogP contribution in [0.5, 0.6) is 11.5 Å². The SMILES string of the molecule is COc1ccnc(COC2(CN)CCC(C)CC2)c1OC. The number of aromatic nitrogens is 1. The van der Waals surface area contributed by atoms with Crippen molar-refractivity contribution in [3.63, 3.8) is 0 Å². The Morgan fingerprint density at radius 3 is 2.57 bits per heavy atom. The molecule has 2 N–H and O–H groups in total. The van der Waals surface area contributed by atoms with Crippen LogP contribution in [0.25, 0.3) is 0 Å². The summed E-state index contributed by atoms with van der Waals surface area (Å²) in [6, 6.07) is 1.78. The smallest absolute Gasteiger partial charge is 0.184 e. The van der Waals surface area contributed by atoms with Crippen molar-refractivity contribution in [2.75, 3.05) is 20.8 Å². The Balaban J connectivity index is 2.08. The van der Waals surface area contributed by atoms with Crippen molar-refractivity contribution < 1.29 is 14.2 Å². The Hall–Kier alpha value is -1.33. The highest BCUT2D eigenvalue weighted by Crippen LogP contribution is 2.36. The van der Waals surface area contributed by atoms with E-state index >= 15 is 0 Å². The third-order valence-electron chi connectivity index (χ3n) is 4.44. The maximum absolute atomic E-state index is 6.17. The molecule has 1 heterocycles. The zero-order valence-electron chi connectivity index (χ0n) is 13.2. The van der Waals surface area contributed by atoms with Gasteiger partial charge in [-0.1, -0.05) is 6.92 Å². The van der Waals surface area contributed by atoms with Crippen molar-refractivity contribution in [1.82, 2.24) is 4.98 Å². The molecule has 0 spiro atoms. The fraction of sp³-hybridized carbons (Fsp3) is 0.688. The molecule has 0 radical (unpaired) electrons. The number of hydrogen-bond donors (Lipinski definition) is 1. The number of rotatable bonds is 6. The molecule has 5 nitrogen and oxygen atoms in total. The molecule has 0 aliphatic heterocycles. The third kappa shape index (κ3) is 3.66. The molecule has 1 aliphatic carbocycles. The van der Waals surface area contributed by atoms with Crippen LogP contribution in [0.3, 0.4) is 0 Å². The molecule has 0 saturated heterocycles. The topological polar surface area (TPSA) is 66.6 Å². The summed E-state index contributed by atoms with van der Waals surface area (Å²) >= 11 is 0. The Labute approximate surface area is 126 Å². The minimum absolute atomic E-state index is 0.220. The lowest BCUT2D eigenvalue weighted by atomic mass is 9.79. The number of hydrogen-bond acceptors (Lipinski definition) is 5. The monoisotopic (exact) mass is 294 g/mol. The van der Waals surface area contributed by atoms with E-state index in [1.54, 1.807) is 26.5 Å². The van der Waals surface area contributed by atoms with Crippen molar-refractivity contribution in [3.05, 3.63) is 18.0 Å². The molecule has 0 amide bonds. The van der Waals surface area contributed by atoms with Crippen LogP contribution in [0.4, 0.5) is 0 Å². The molecule has 5 heteroatoms. The van der Waals surface area contributed by atoms with E-state index in [-0.39, 0.29) is 5.60 Å². The molecule has 1 aromatic rings. The van der Waals surface area contributed by atoms with Crippen LogP contribution in [0, 0.1) is 5.92 Å². The van der Waals surface area contributed by atoms with E-state index in [2.05, 4.69) is 11.9 Å². The second kappa shape index (κ2) is 7.09. The van der Waals surface area contributed by atoms with Crippen LogP contribution >= 0.6 is 0 Å². The number of nitrogens with zero attached hydrogens (tertiary/aromatic N) is 1. The highest BCUT2D eigenvalue weighted by atomic mass is 16.5. The first-order chi connectivity index (χ1) is 10.1. The molecule has 0 bridgehead atoms. The van der Waals surface area contributed by atoms with Crippen molar-refractivity contribution >= 4 is 0 Å². The van der Waals surface area contributed by atoms with Gasteiger partial charge in [0.25, 0.3) is 0 Å². The van der Waals surface area contributed by atoms with E-state index in [4.69, 9.17) is 19.9 Å². The summed E-state index contributed by atoms with van der Waals surface area (Å²) in [6.07, 6.45) is 6.06. The summed E-state index contributed by atoms with van der Waals surface area (Å²) in [5, 5.41) is 0. The molecule has 2 rings (SSSR count). The lowest BCUT2D eigenvalue weighted by Crippen LogP contribution is -2.43. The quantitative estimate of drug-likeness (QED) is 0.873. The van der Waals surface area contributed by atoms with Gasteiger partial charge in [0, 0.05) is 18.8 Å². The molecule has 1 aromatic heterocycles. The lowest BCUT2D eigenvalue weighted by Gasteiger charge is -2.38. The first-order valence-corrected chi connectivity index (χ1v) is 7.54. The first kappa shape index (κ1) is 16.0. The summed E-state index contributed by atoms with van der Waals surface area (Å²) in [6.45, 7) is 3.23. The van der Waals surface area contributed by atoms with E-state index in [0.29, 0.717) is 24.7 Å². The summed E-state index contributed by atoms with van der Waals surface area (Å²) in [5.74, 6) is 2.07. The highest BCUT2D eigenvalue weighted by molar-refractivity contribution is 5.42. The predicted molar refractivity (Wildman–Crippen MR) is 81.5 cm³/mol. The summed E-state index contributed by atoms with van der Waals surface area (Å²) in [7, 11) is 3.23. The molecule has 0 atom stereocenters. The molecule has 0 unspecified atom stereocenters. The zero-order valence-corrected chi connectivity index (χ0v) is 13.2. The second-order valence-electron chi connectivity index (χ2n) is 5.85. The van der Waals surface area contributed by atoms with Gasteiger partial charge in [-0.15, -0.1) is 0 Å². The zero-order chi connectivity index (χ0) is 15.3. The molecule has 1 fully saturated rings. The van der Waals surface area contributed by atoms with Crippen molar-refractivity contribution in [1.29, 1.82) is 0 Å². The Bertz CT molecular complexity index is 457. The van der Waals surface area contributed by atoms with Crippen LogP contribution in [0.15, 0.2) is 12.3 Å². The summed E-state index contributed by atoms with van der Waals surface area (Å²) in [4.78, 5) is 4.35. The highest BCUT2D eigenvalue weighted by Gasteiger charge is 2.34. The Morgan fingerprint density at radius 2 is 2.00 bits per heavy atom. The Morgan fingerprint density at radius 1 is 1.29 bits per heavy atom. The minimum Gasteiger partial charge on any atom is -0.493 e. The standard InChI is InChI=1S/C16H26N2O3/c1-12-4-7-16(11-17,8-5-12)21-10-13-15(20-3)14(19-2)6-9-18-13/h6,9,12H,4-5,7-8,10-11,17H2,1-3H3. The van der Waals surface area contributed by atoms with E-state index in [9.17, 15) is 0 Å². The van der Waals surface area contributed by atoms with Crippen molar-refractivity contribution in [2.24, 2.45) is 11.7 Å². The predicted octanol–water partition coefficient (Wildman–Crippen LogP) is 2.52. The maximum Gasteiger partial charge on any atom is 0.184 e. The van der Waals surface area contributed by atoms with Gasteiger partial charge in [-0.25, -0.2) is 0 Å². The third-order valence-corrected chi connectivity index (χ3v) is 4.44. The van der Waals surface area contributed by atoms with Gasteiger partial charge in [0.05, 0.1) is 26.4 Å². The molecule has 1 aliphatic rings. The van der Waals surface area contributed by atoms with Gasteiger partial charge < -0.3 is 19.9 Å². The van der Waals surface area contributed by atoms with Gasteiger partial charge in [-0.2, -0.15) is 0 Å². The minimum atomic E-state index is -0.220. The maximum atomic E-state index is 6.17. The molecular formula is C16H26N2O3.